The summed E-state index contributed by atoms with van der Waals surface area (Å²) in [6.07, 6.45) is 1.40. The molecule has 0 spiro atoms. The van der Waals surface area contributed by atoms with Gasteiger partial charge in [-0.05, 0) is 48.0 Å². The number of nitrogens with one attached hydrogen (secondary N) is 2. The van der Waals surface area contributed by atoms with Crippen LogP contribution in [0.4, 0.5) is 5.69 Å². The van der Waals surface area contributed by atoms with Gasteiger partial charge in [0.05, 0.1) is 11.6 Å². The van der Waals surface area contributed by atoms with Gasteiger partial charge in [0, 0.05) is 29.0 Å². The number of nitrogens with zero attached hydrogens (tertiary/aromatic N) is 2. The average Bonchev–Trinajstić information content (AvgIpc) is 2.73. The van der Waals surface area contributed by atoms with Gasteiger partial charge in [0.2, 0.25) is 0 Å². The number of hydrogen-bond donors (Lipinski definition) is 2. The maximum absolute atomic E-state index is 12.4. The number of amides is 2. The Bertz CT molecular complexity index is 1060. The molecule has 0 atom stereocenters. The summed E-state index contributed by atoms with van der Waals surface area (Å²) in [6.45, 7) is 0.334. The van der Waals surface area contributed by atoms with Gasteiger partial charge in [-0.25, -0.2) is 0 Å². The molecular weight excluding hydrogens is 376 g/mol. The average molecular weight is 391 g/mol. The van der Waals surface area contributed by atoms with Gasteiger partial charge in [-0.1, -0.05) is 29.8 Å². The van der Waals surface area contributed by atoms with E-state index in [0.717, 1.165) is 5.56 Å². The zero-order valence-electron chi connectivity index (χ0n) is 14.6. The van der Waals surface area contributed by atoms with Crippen molar-refractivity contribution in [1.29, 1.82) is 5.26 Å². The van der Waals surface area contributed by atoms with E-state index in [4.69, 9.17) is 16.9 Å². The highest BCUT2D eigenvalue weighted by molar-refractivity contribution is 6.30. The van der Waals surface area contributed by atoms with Gasteiger partial charge in [0.25, 0.3) is 11.8 Å². The third kappa shape index (κ3) is 4.93. The highest BCUT2D eigenvalue weighted by Gasteiger charge is 2.12. The summed E-state index contributed by atoms with van der Waals surface area (Å²) in [4.78, 5) is 28.8. The first-order valence-electron chi connectivity index (χ1n) is 8.35. The standard InChI is InChI=1S/C21H15ClN4O2/c22-17-6-4-14(5-7-17)13-25-20(27)16-8-9-24-19(11-16)21(28)26-18-3-1-2-15(10-18)12-23/h1-11H,13H2,(H,25,27)(H,26,28). The summed E-state index contributed by atoms with van der Waals surface area (Å²) < 4.78 is 0. The number of benzene rings is 2. The topological polar surface area (TPSA) is 94.9 Å². The summed E-state index contributed by atoms with van der Waals surface area (Å²) in [5, 5.41) is 15.0. The van der Waals surface area contributed by atoms with E-state index in [9.17, 15) is 9.59 Å². The molecule has 3 aromatic rings. The Hall–Kier alpha value is -3.69. The molecule has 1 heterocycles. The zero-order valence-corrected chi connectivity index (χ0v) is 15.4. The molecule has 0 aliphatic rings. The Balaban J connectivity index is 1.66. The van der Waals surface area contributed by atoms with Crippen LogP contribution in [0, 0.1) is 11.3 Å². The molecule has 2 amide bonds. The number of rotatable bonds is 5. The first kappa shape index (κ1) is 19.1. The molecule has 7 heteroatoms. The van der Waals surface area contributed by atoms with E-state index >= 15 is 0 Å². The van der Waals surface area contributed by atoms with E-state index in [2.05, 4.69) is 15.6 Å². The summed E-state index contributed by atoms with van der Waals surface area (Å²) in [7, 11) is 0. The Kier molecular flexibility index (Phi) is 6.00. The van der Waals surface area contributed by atoms with Crippen LogP contribution in [0.1, 0.15) is 32.0 Å². The van der Waals surface area contributed by atoms with Gasteiger partial charge in [-0.2, -0.15) is 5.26 Å². The van der Waals surface area contributed by atoms with Gasteiger partial charge in [0.15, 0.2) is 0 Å². The second-order valence-electron chi connectivity index (χ2n) is 5.89. The zero-order chi connectivity index (χ0) is 19.9. The van der Waals surface area contributed by atoms with E-state index in [0.29, 0.717) is 28.4 Å². The lowest BCUT2D eigenvalue weighted by Gasteiger charge is -2.08. The number of carbonyl (C=O) groups is 2. The van der Waals surface area contributed by atoms with Crippen molar-refractivity contribution in [3.05, 3.63) is 94.3 Å². The van der Waals surface area contributed by atoms with Crippen LogP contribution in [0.25, 0.3) is 0 Å². The van der Waals surface area contributed by atoms with Crippen molar-refractivity contribution < 1.29 is 9.59 Å². The van der Waals surface area contributed by atoms with Crippen molar-refractivity contribution in [2.45, 2.75) is 6.54 Å². The molecule has 0 aliphatic carbocycles. The number of anilines is 1. The number of aromatic nitrogens is 1. The number of nitriles is 1. The summed E-state index contributed by atoms with van der Waals surface area (Å²) in [6, 6.07) is 18.6. The molecule has 2 N–H and O–H groups in total. The first-order valence-corrected chi connectivity index (χ1v) is 8.73. The van der Waals surface area contributed by atoms with Gasteiger partial charge < -0.3 is 10.6 Å². The van der Waals surface area contributed by atoms with Crippen LogP contribution in [0.3, 0.4) is 0 Å². The molecule has 0 unspecified atom stereocenters. The molecule has 0 aliphatic heterocycles. The highest BCUT2D eigenvalue weighted by Crippen LogP contribution is 2.12. The van der Waals surface area contributed by atoms with E-state index < -0.39 is 5.91 Å². The monoisotopic (exact) mass is 390 g/mol. The molecular formula is C21H15ClN4O2. The van der Waals surface area contributed by atoms with Gasteiger partial charge in [-0.3, -0.25) is 14.6 Å². The maximum atomic E-state index is 12.4. The van der Waals surface area contributed by atoms with Gasteiger partial charge >= 0.3 is 0 Å². The van der Waals surface area contributed by atoms with Crippen LogP contribution in [-0.4, -0.2) is 16.8 Å². The number of hydrogen-bond acceptors (Lipinski definition) is 4. The summed E-state index contributed by atoms with van der Waals surface area (Å²) >= 11 is 5.84. The molecule has 28 heavy (non-hydrogen) atoms. The molecule has 0 radical (unpaired) electrons. The number of carbonyl (C=O) groups excluding carboxylic acids is 2. The second-order valence-corrected chi connectivity index (χ2v) is 6.32. The molecule has 0 saturated carbocycles. The lowest BCUT2D eigenvalue weighted by molar-refractivity contribution is 0.0951. The molecule has 0 bridgehead atoms. The molecule has 6 nitrogen and oxygen atoms in total. The maximum Gasteiger partial charge on any atom is 0.274 e. The van der Waals surface area contributed by atoms with Crippen molar-refractivity contribution in [3.8, 4) is 6.07 Å². The van der Waals surface area contributed by atoms with Crippen molar-refractivity contribution in [2.75, 3.05) is 5.32 Å². The highest BCUT2D eigenvalue weighted by atomic mass is 35.5. The summed E-state index contributed by atoms with van der Waals surface area (Å²) in [5.74, 6) is -0.791. The Morgan fingerprint density at radius 1 is 1.04 bits per heavy atom. The first-order chi connectivity index (χ1) is 13.5. The predicted octanol–water partition coefficient (Wildman–Crippen LogP) is 3.79. The van der Waals surface area contributed by atoms with Crippen molar-refractivity contribution in [2.24, 2.45) is 0 Å². The Labute approximate surface area is 166 Å². The third-order valence-electron chi connectivity index (χ3n) is 3.87. The Morgan fingerprint density at radius 3 is 2.57 bits per heavy atom. The lowest BCUT2D eigenvalue weighted by atomic mass is 10.1. The van der Waals surface area contributed by atoms with Gasteiger partial charge in [0.1, 0.15) is 5.69 Å². The van der Waals surface area contributed by atoms with Crippen molar-refractivity contribution in [1.82, 2.24) is 10.3 Å². The fourth-order valence-corrected chi connectivity index (χ4v) is 2.57. The number of halogens is 1. The molecule has 138 valence electrons. The van der Waals surface area contributed by atoms with Crippen LogP contribution >= 0.6 is 11.6 Å². The minimum Gasteiger partial charge on any atom is -0.348 e. The molecule has 1 aromatic heterocycles. The second kappa shape index (κ2) is 8.80. The molecule has 3 rings (SSSR count). The van der Waals surface area contributed by atoms with Gasteiger partial charge in [-0.15, -0.1) is 0 Å². The number of pyridine rings is 1. The Morgan fingerprint density at radius 2 is 1.82 bits per heavy atom. The SMILES string of the molecule is N#Cc1cccc(NC(=O)c2cc(C(=O)NCc3ccc(Cl)cc3)ccn2)c1. The minimum absolute atomic E-state index is 0.0986. The van der Waals surface area contributed by atoms with Crippen LogP contribution in [-0.2, 0) is 6.54 Å². The molecule has 0 saturated heterocycles. The largest absolute Gasteiger partial charge is 0.348 e. The van der Waals surface area contributed by atoms with E-state index in [1.54, 1.807) is 36.4 Å². The minimum atomic E-state index is -0.470. The quantitative estimate of drug-likeness (QED) is 0.692. The van der Waals surface area contributed by atoms with Crippen LogP contribution < -0.4 is 10.6 Å². The smallest absolute Gasteiger partial charge is 0.274 e. The van der Waals surface area contributed by atoms with Crippen LogP contribution in [0.2, 0.25) is 5.02 Å². The third-order valence-corrected chi connectivity index (χ3v) is 4.12. The molecule has 0 fully saturated rings. The van der Waals surface area contributed by atoms with E-state index in [-0.39, 0.29) is 11.6 Å². The van der Waals surface area contributed by atoms with E-state index in [1.165, 1.54) is 18.3 Å². The van der Waals surface area contributed by atoms with Crippen LogP contribution in [0.15, 0.2) is 66.9 Å². The van der Waals surface area contributed by atoms with E-state index in [1.807, 2.05) is 18.2 Å². The lowest BCUT2D eigenvalue weighted by Crippen LogP contribution is -2.23. The van der Waals surface area contributed by atoms with Crippen molar-refractivity contribution >= 4 is 29.1 Å². The fourth-order valence-electron chi connectivity index (χ4n) is 2.44. The molecule has 2 aromatic carbocycles. The predicted molar refractivity (Wildman–Crippen MR) is 106 cm³/mol. The fraction of sp³-hybridized carbons (Fsp3) is 0.0476. The van der Waals surface area contributed by atoms with Crippen LogP contribution in [0.5, 0.6) is 0 Å². The summed E-state index contributed by atoms with van der Waals surface area (Å²) in [5.41, 5.74) is 2.23. The normalized spacial score (nSPS) is 10.0. The van der Waals surface area contributed by atoms with Crippen molar-refractivity contribution in [3.63, 3.8) is 0 Å².